The van der Waals surface area contributed by atoms with Gasteiger partial charge in [0.25, 0.3) is 0 Å². The third kappa shape index (κ3) is 2.70. The lowest BCUT2D eigenvalue weighted by molar-refractivity contribution is 0.0600. The fourth-order valence-corrected chi connectivity index (χ4v) is 1.80. The Bertz CT molecular complexity index is 599. The van der Waals surface area contributed by atoms with Crippen molar-refractivity contribution in [2.24, 2.45) is 0 Å². The number of methoxy groups -OCH3 is 1. The van der Waals surface area contributed by atoms with Crippen LogP contribution in [0, 0.1) is 6.92 Å². The van der Waals surface area contributed by atoms with Gasteiger partial charge in [-0.3, -0.25) is 0 Å². The van der Waals surface area contributed by atoms with Crippen molar-refractivity contribution < 1.29 is 9.53 Å². The Hall–Kier alpha value is -2.43. The first kappa shape index (κ1) is 13.0. The maximum atomic E-state index is 11.7. The number of carbonyl (C=O) groups excluding carboxylic acids is 1. The number of hydrogen-bond donors (Lipinski definition) is 0. The zero-order valence-corrected chi connectivity index (χ0v) is 11.1. The number of aryl methyl sites for hydroxylation is 1. The van der Waals surface area contributed by atoms with Crippen LogP contribution in [0.3, 0.4) is 0 Å². The molecule has 0 spiro atoms. The zero-order valence-electron chi connectivity index (χ0n) is 11.1. The minimum Gasteiger partial charge on any atom is -0.465 e. The van der Waals surface area contributed by atoms with Crippen LogP contribution in [0.2, 0.25) is 0 Å². The molecule has 0 bridgehead atoms. The predicted molar refractivity (Wildman–Crippen MR) is 72.6 cm³/mol. The highest BCUT2D eigenvalue weighted by Crippen LogP contribution is 2.25. The number of carbonyl (C=O) groups is 1. The van der Waals surface area contributed by atoms with E-state index in [1.165, 1.54) is 19.6 Å². The second-order valence-corrected chi connectivity index (χ2v) is 4.15. The van der Waals surface area contributed by atoms with Crippen molar-refractivity contribution in [3.8, 4) is 0 Å². The SMILES string of the molecule is COC(=O)c1cncnc1N(C)c1cccc(C)c1. The van der Waals surface area contributed by atoms with Crippen LogP contribution in [-0.2, 0) is 4.74 Å². The summed E-state index contributed by atoms with van der Waals surface area (Å²) in [7, 11) is 3.19. The maximum Gasteiger partial charge on any atom is 0.343 e. The molecule has 2 aromatic rings. The van der Waals surface area contributed by atoms with E-state index in [9.17, 15) is 4.79 Å². The molecule has 0 amide bonds. The second-order valence-electron chi connectivity index (χ2n) is 4.15. The molecular formula is C14H15N3O2. The van der Waals surface area contributed by atoms with E-state index in [1.54, 1.807) is 0 Å². The summed E-state index contributed by atoms with van der Waals surface area (Å²) in [5.41, 5.74) is 2.43. The Kier molecular flexibility index (Phi) is 3.75. The summed E-state index contributed by atoms with van der Waals surface area (Å²) in [6, 6.07) is 7.94. The van der Waals surface area contributed by atoms with Crippen LogP contribution in [0.4, 0.5) is 11.5 Å². The average molecular weight is 257 g/mol. The number of benzene rings is 1. The summed E-state index contributed by atoms with van der Waals surface area (Å²) in [6.07, 6.45) is 2.87. The van der Waals surface area contributed by atoms with Crippen LogP contribution in [0.5, 0.6) is 0 Å². The summed E-state index contributed by atoms with van der Waals surface area (Å²) < 4.78 is 4.74. The Labute approximate surface area is 111 Å². The Balaban J connectivity index is 2.44. The Morgan fingerprint density at radius 2 is 2.16 bits per heavy atom. The van der Waals surface area contributed by atoms with Gasteiger partial charge < -0.3 is 9.64 Å². The Morgan fingerprint density at radius 3 is 2.84 bits per heavy atom. The van der Waals surface area contributed by atoms with E-state index < -0.39 is 5.97 Å². The molecular weight excluding hydrogens is 242 g/mol. The van der Waals surface area contributed by atoms with E-state index >= 15 is 0 Å². The normalized spacial score (nSPS) is 10.1. The van der Waals surface area contributed by atoms with Gasteiger partial charge in [-0.1, -0.05) is 12.1 Å². The van der Waals surface area contributed by atoms with Crippen LogP contribution in [0.1, 0.15) is 15.9 Å². The maximum absolute atomic E-state index is 11.7. The molecule has 0 radical (unpaired) electrons. The van der Waals surface area contributed by atoms with Gasteiger partial charge in [-0.05, 0) is 24.6 Å². The van der Waals surface area contributed by atoms with Gasteiger partial charge in [0.15, 0.2) is 5.82 Å². The number of hydrogen-bond acceptors (Lipinski definition) is 5. The highest BCUT2D eigenvalue weighted by Gasteiger charge is 2.17. The number of esters is 1. The first-order chi connectivity index (χ1) is 9.13. The third-order valence-corrected chi connectivity index (χ3v) is 2.80. The molecule has 5 nitrogen and oxygen atoms in total. The molecule has 0 saturated heterocycles. The summed E-state index contributed by atoms with van der Waals surface area (Å²) >= 11 is 0. The minimum atomic E-state index is -0.449. The molecule has 0 aliphatic heterocycles. The van der Waals surface area contributed by atoms with Crippen LogP contribution in [0.15, 0.2) is 36.8 Å². The van der Waals surface area contributed by atoms with Gasteiger partial charge in [0.2, 0.25) is 0 Å². The highest BCUT2D eigenvalue weighted by molar-refractivity contribution is 5.95. The number of nitrogens with zero attached hydrogens (tertiary/aromatic N) is 3. The average Bonchev–Trinajstić information content (AvgIpc) is 2.45. The molecule has 0 N–H and O–H groups in total. The first-order valence-corrected chi connectivity index (χ1v) is 5.82. The summed E-state index contributed by atoms with van der Waals surface area (Å²) in [5.74, 6) is 0.0718. The molecule has 0 aliphatic carbocycles. The molecule has 0 unspecified atom stereocenters. The van der Waals surface area contributed by atoms with Crippen molar-refractivity contribution in [1.29, 1.82) is 0 Å². The standard InChI is InChI=1S/C14H15N3O2/c1-10-5-4-6-11(7-10)17(2)13-12(14(18)19-3)8-15-9-16-13/h4-9H,1-3H3. The lowest BCUT2D eigenvalue weighted by Gasteiger charge is -2.20. The molecule has 1 aromatic carbocycles. The lowest BCUT2D eigenvalue weighted by atomic mass is 10.2. The van der Waals surface area contributed by atoms with E-state index in [0.29, 0.717) is 11.4 Å². The molecule has 0 fully saturated rings. The molecule has 2 rings (SSSR count). The van der Waals surface area contributed by atoms with Gasteiger partial charge in [-0.25, -0.2) is 14.8 Å². The van der Waals surface area contributed by atoms with Gasteiger partial charge in [0.05, 0.1) is 7.11 Å². The zero-order chi connectivity index (χ0) is 13.8. The van der Waals surface area contributed by atoms with Crippen molar-refractivity contribution >= 4 is 17.5 Å². The number of ether oxygens (including phenoxy) is 1. The Morgan fingerprint density at radius 1 is 1.37 bits per heavy atom. The fraction of sp³-hybridized carbons (Fsp3) is 0.214. The van der Waals surface area contributed by atoms with Gasteiger partial charge in [0.1, 0.15) is 11.9 Å². The fourth-order valence-electron chi connectivity index (χ4n) is 1.80. The van der Waals surface area contributed by atoms with E-state index in [-0.39, 0.29) is 0 Å². The van der Waals surface area contributed by atoms with E-state index in [1.807, 2.05) is 43.1 Å². The van der Waals surface area contributed by atoms with Crippen molar-refractivity contribution in [3.05, 3.63) is 47.9 Å². The van der Waals surface area contributed by atoms with E-state index in [4.69, 9.17) is 4.74 Å². The number of anilines is 2. The summed E-state index contributed by atoms with van der Waals surface area (Å²) in [6.45, 7) is 2.01. The van der Waals surface area contributed by atoms with Crippen molar-refractivity contribution in [2.45, 2.75) is 6.92 Å². The van der Waals surface area contributed by atoms with E-state index in [0.717, 1.165) is 11.3 Å². The van der Waals surface area contributed by atoms with Gasteiger partial charge >= 0.3 is 5.97 Å². The molecule has 0 saturated carbocycles. The number of aromatic nitrogens is 2. The van der Waals surface area contributed by atoms with Gasteiger partial charge in [0, 0.05) is 18.9 Å². The molecule has 0 atom stereocenters. The third-order valence-electron chi connectivity index (χ3n) is 2.80. The van der Waals surface area contributed by atoms with Crippen LogP contribution < -0.4 is 4.90 Å². The molecule has 5 heteroatoms. The first-order valence-electron chi connectivity index (χ1n) is 5.82. The highest BCUT2D eigenvalue weighted by atomic mass is 16.5. The van der Waals surface area contributed by atoms with Crippen LogP contribution >= 0.6 is 0 Å². The quantitative estimate of drug-likeness (QED) is 0.790. The molecule has 1 aromatic heterocycles. The smallest absolute Gasteiger partial charge is 0.343 e. The topological polar surface area (TPSA) is 55.3 Å². The molecule has 0 aliphatic rings. The predicted octanol–water partition coefficient (Wildman–Crippen LogP) is 2.34. The van der Waals surface area contributed by atoms with Gasteiger partial charge in [-0.15, -0.1) is 0 Å². The molecule has 19 heavy (non-hydrogen) atoms. The molecule has 98 valence electrons. The summed E-state index contributed by atoms with van der Waals surface area (Å²) in [5, 5.41) is 0. The summed E-state index contributed by atoms with van der Waals surface area (Å²) in [4.78, 5) is 21.6. The minimum absolute atomic E-state index is 0.342. The van der Waals surface area contributed by atoms with Gasteiger partial charge in [-0.2, -0.15) is 0 Å². The largest absolute Gasteiger partial charge is 0.465 e. The second kappa shape index (κ2) is 5.48. The van der Waals surface area contributed by atoms with Crippen molar-refractivity contribution in [1.82, 2.24) is 9.97 Å². The van der Waals surface area contributed by atoms with E-state index in [2.05, 4.69) is 9.97 Å². The molecule has 1 heterocycles. The monoisotopic (exact) mass is 257 g/mol. The van der Waals surface area contributed by atoms with Crippen molar-refractivity contribution in [3.63, 3.8) is 0 Å². The van der Waals surface area contributed by atoms with Crippen LogP contribution in [0.25, 0.3) is 0 Å². The lowest BCUT2D eigenvalue weighted by Crippen LogP contribution is -2.17. The number of rotatable bonds is 3. The van der Waals surface area contributed by atoms with Crippen molar-refractivity contribution in [2.75, 3.05) is 19.1 Å². The van der Waals surface area contributed by atoms with Crippen LogP contribution in [-0.4, -0.2) is 30.1 Å².